The molecule has 0 aliphatic carbocycles. The number of esters is 3. The molecule has 1 atom stereocenters. The molecule has 0 N–H and O–H groups in total. The molecule has 0 bridgehead atoms. The Bertz CT molecular complexity index is 1400. The van der Waals surface area contributed by atoms with Crippen LogP contribution in [0.4, 0.5) is 0 Å². The smallest absolute Gasteiger partial charge is 0.306 e. The quantitative estimate of drug-likeness (QED) is 0.0262. The van der Waals surface area contributed by atoms with Gasteiger partial charge in [-0.1, -0.05) is 200 Å². The van der Waals surface area contributed by atoms with E-state index in [1.165, 1.54) is 38.5 Å². The Morgan fingerprint density at radius 3 is 1.05 bits per heavy atom. The Morgan fingerprint density at radius 1 is 0.323 bits per heavy atom. The molecule has 0 aliphatic rings. The Morgan fingerprint density at radius 2 is 0.631 bits per heavy atom. The molecule has 0 radical (unpaired) electrons. The molecule has 0 aromatic rings. The summed E-state index contributed by atoms with van der Waals surface area (Å²) < 4.78 is 16.7. The van der Waals surface area contributed by atoms with Gasteiger partial charge in [0.05, 0.1) is 0 Å². The molecule has 0 spiro atoms. The molecule has 1 unspecified atom stereocenters. The molecule has 6 heteroatoms. The highest BCUT2D eigenvalue weighted by atomic mass is 16.6. The molecule has 65 heavy (non-hydrogen) atoms. The molecule has 0 saturated carbocycles. The van der Waals surface area contributed by atoms with Gasteiger partial charge in [-0.3, -0.25) is 14.4 Å². The highest BCUT2D eigenvalue weighted by Crippen LogP contribution is 2.12. The Balaban J connectivity index is 4.56. The molecule has 0 fully saturated rings. The highest BCUT2D eigenvalue weighted by molar-refractivity contribution is 5.71. The lowest BCUT2D eigenvalue weighted by Gasteiger charge is -2.18. The van der Waals surface area contributed by atoms with Gasteiger partial charge in [0.15, 0.2) is 6.10 Å². The summed E-state index contributed by atoms with van der Waals surface area (Å²) in [5.74, 6) is -1.04. The van der Waals surface area contributed by atoms with Crippen LogP contribution < -0.4 is 0 Å². The van der Waals surface area contributed by atoms with Crippen LogP contribution in [0.25, 0.3) is 0 Å². The second-order valence-corrected chi connectivity index (χ2v) is 16.7. The minimum Gasteiger partial charge on any atom is -0.462 e. The predicted octanol–water partition coefficient (Wildman–Crippen LogP) is 17.3. The third kappa shape index (κ3) is 50.7. The van der Waals surface area contributed by atoms with E-state index in [9.17, 15) is 14.4 Å². The molecule has 0 heterocycles. The van der Waals surface area contributed by atoms with Gasteiger partial charge in [-0.05, 0) is 116 Å². The predicted molar refractivity (Wildman–Crippen MR) is 279 cm³/mol. The van der Waals surface area contributed by atoms with Crippen LogP contribution in [0.5, 0.6) is 0 Å². The van der Waals surface area contributed by atoms with Crippen molar-refractivity contribution in [1.82, 2.24) is 0 Å². The maximum absolute atomic E-state index is 12.8. The Hall–Kier alpha value is -4.19. The average molecular weight is 899 g/mol. The number of unbranched alkanes of at least 4 members (excludes halogenated alkanes) is 14. The fourth-order valence-corrected chi connectivity index (χ4v) is 6.59. The van der Waals surface area contributed by atoms with Crippen LogP contribution in [-0.4, -0.2) is 37.2 Å². The molecule has 0 aromatic heterocycles. The number of hydrogen-bond donors (Lipinski definition) is 0. The van der Waals surface area contributed by atoms with Gasteiger partial charge >= 0.3 is 17.9 Å². The first-order valence-electron chi connectivity index (χ1n) is 26.0. The molecule has 0 saturated heterocycles. The zero-order valence-corrected chi connectivity index (χ0v) is 41.7. The fraction of sp³-hybridized carbons (Fsp3) is 0.610. The van der Waals surface area contributed by atoms with Gasteiger partial charge in [-0.2, -0.15) is 0 Å². The second kappa shape index (κ2) is 52.4. The molecular formula is C59H94O6. The van der Waals surface area contributed by atoms with Gasteiger partial charge in [-0.25, -0.2) is 0 Å². The molecule has 0 aromatic carbocycles. The second-order valence-electron chi connectivity index (χ2n) is 16.7. The number of allylic oxidation sites excluding steroid dienone is 20. The standard InChI is InChI=1S/C59H94O6/c1-4-7-10-13-16-19-22-25-27-28-29-30-32-34-37-40-43-46-49-52-58(61)64-55-56(54-63-57(60)51-48-45-42-39-36-33-24-21-18-15-12-9-6-3)65-59(62)53-50-47-44-41-38-35-31-26-23-20-17-14-11-8-5-2/h7-8,10-11,16-17,19-21,24-27,29-31,34,37,43,46,56H,4-6,9,12-15,18,22-23,28,32-33,35-36,38-42,44-45,47-55H2,1-3H3/b10-7-,11-8-,19-16-,20-17-,24-21-,27-25-,30-29-,31-26-,37-34-,46-43-. The van der Waals surface area contributed by atoms with Crippen molar-refractivity contribution >= 4 is 17.9 Å². The minimum atomic E-state index is -0.824. The number of rotatable bonds is 45. The first-order chi connectivity index (χ1) is 32.0. The molecule has 0 aliphatic heterocycles. The first kappa shape index (κ1) is 60.8. The van der Waals surface area contributed by atoms with Crippen LogP contribution in [-0.2, 0) is 28.6 Å². The van der Waals surface area contributed by atoms with Crippen molar-refractivity contribution in [1.29, 1.82) is 0 Å². The normalized spacial score (nSPS) is 13.1. The van der Waals surface area contributed by atoms with Crippen molar-refractivity contribution in [3.63, 3.8) is 0 Å². The summed E-state index contributed by atoms with van der Waals surface area (Å²) in [6.45, 7) is 6.29. The third-order valence-corrected chi connectivity index (χ3v) is 10.4. The summed E-state index contributed by atoms with van der Waals surface area (Å²) in [7, 11) is 0. The molecular weight excluding hydrogens is 805 g/mol. The number of carbonyl (C=O) groups excluding carboxylic acids is 3. The van der Waals surface area contributed by atoms with Gasteiger partial charge in [-0.15, -0.1) is 0 Å². The summed E-state index contributed by atoms with van der Waals surface area (Å²) in [6.07, 6.45) is 71.9. The van der Waals surface area contributed by atoms with Crippen LogP contribution >= 0.6 is 0 Å². The number of hydrogen-bond acceptors (Lipinski definition) is 6. The van der Waals surface area contributed by atoms with Gasteiger partial charge < -0.3 is 14.2 Å². The SMILES string of the molecule is CC/C=C\C/C=C\C/C=C\C/C=C\C/C=C\C/C=C\CCC(=O)OCC(COC(=O)CCCCCCC/C=C\CCCCCC)OC(=O)CCCCCCC/C=C\C/C=C\C/C=C\CC. The van der Waals surface area contributed by atoms with Crippen LogP contribution in [0.3, 0.4) is 0 Å². The van der Waals surface area contributed by atoms with Crippen LogP contribution in [0, 0.1) is 0 Å². The topological polar surface area (TPSA) is 78.9 Å². The van der Waals surface area contributed by atoms with E-state index in [4.69, 9.17) is 14.2 Å². The van der Waals surface area contributed by atoms with Gasteiger partial charge in [0.1, 0.15) is 13.2 Å². The van der Waals surface area contributed by atoms with Crippen LogP contribution in [0.1, 0.15) is 213 Å². The molecule has 6 nitrogen and oxygen atoms in total. The van der Waals surface area contributed by atoms with E-state index in [1.54, 1.807) is 0 Å². The summed E-state index contributed by atoms with van der Waals surface area (Å²) >= 11 is 0. The number of ether oxygens (including phenoxy) is 3. The van der Waals surface area contributed by atoms with Gasteiger partial charge in [0, 0.05) is 19.3 Å². The minimum absolute atomic E-state index is 0.116. The first-order valence-corrected chi connectivity index (χ1v) is 26.0. The third-order valence-electron chi connectivity index (χ3n) is 10.4. The zero-order chi connectivity index (χ0) is 47.2. The van der Waals surface area contributed by atoms with E-state index in [1.807, 2.05) is 12.2 Å². The highest BCUT2D eigenvalue weighted by Gasteiger charge is 2.19. The van der Waals surface area contributed by atoms with E-state index < -0.39 is 6.10 Å². The lowest BCUT2D eigenvalue weighted by atomic mass is 10.1. The zero-order valence-electron chi connectivity index (χ0n) is 41.7. The number of carbonyl (C=O) groups is 3. The molecule has 0 amide bonds. The van der Waals surface area contributed by atoms with Crippen molar-refractivity contribution in [2.45, 2.75) is 219 Å². The van der Waals surface area contributed by atoms with E-state index in [0.29, 0.717) is 12.8 Å². The summed E-state index contributed by atoms with van der Waals surface area (Å²) in [5, 5.41) is 0. The van der Waals surface area contributed by atoms with Crippen LogP contribution in [0.15, 0.2) is 122 Å². The van der Waals surface area contributed by atoms with Crippen molar-refractivity contribution in [3.8, 4) is 0 Å². The van der Waals surface area contributed by atoms with Crippen molar-refractivity contribution in [2.75, 3.05) is 13.2 Å². The average Bonchev–Trinajstić information content (AvgIpc) is 3.30. The monoisotopic (exact) mass is 899 g/mol. The summed E-state index contributed by atoms with van der Waals surface area (Å²) in [4.78, 5) is 38.0. The van der Waals surface area contributed by atoms with E-state index in [-0.39, 0.29) is 44.0 Å². The maximum atomic E-state index is 12.8. The summed E-state index contributed by atoms with van der Waals surface area (Å²) in [5.41, 5.74) is 0. The summed E-state index contributed by atoms with van der Waals surface area (Å²) in [6, 6.07) is 0. The van der Waals surface area contributed by atoms with Crippen molar-refractivity contribution in [3.05, 3.63) is 122 Å². The Kier molecular flexibility index (Phi) is 49.1. The lowest BCUT2D eigenvalue weighted by Crippen LogP contribution is -2.30. The largest absolute Gasteiger partial charge is 0.462 e. The van der Waals surface area contributed by atoms with Gasteiger partial charge in [0.2, 0.25) is 0 Å². The van der Waals surface area contributed by atoms with E-state index in [0.717, 1.165) is 128 Å². The van der Waals surface area contributed by atoms with Crippen molar-refractivity contribution < 1.29 is 28.6 Å². The van der Waals surface area contributed by atoms with Gasteiger partial charge in [0.25, 0.3) is 0 Å². The fourth-order valence-electron chi connectivity index (χ4n) is 6.59. The maximum Gasteiger partial charge on any atom is 0.306 e. The van der Waals surface area contributed by atoms with E-state index in [2.05, 4.69) is 130 Å². The van der Waals surface area contributed by atoms with Crippen molar-refractivity contribution in [2.24, 2.45) is 0 Å². The van der Waals surface area contributed by atoms with Crippen LogP contribution in [0.2, 0.25) is 0 Å². The lowest BCUT2D eigenvalue weighted by molar-refractivity contribution is -0.166. The Labute approximate surface area is 399 Å². The molecule has 0 rings (SSSR count). The van der Waals surface area contributed by atoms with E-state index >= 15 is 0 Å². The molecule has 366 valence electrons.